The largest absolute Gasteiger partial charge is 0.262 e. The maximum atomic E-state index is 9.75. The topological polar surface area (TPSA) is 42.3 Å². The highest BCUT2D eigenvalue weighted by molar-refractivity contribution is 6.32. The van der Waals surface area contributed by atoms with Crippen LogP contribution in [0.1, 0.15) is 0 Å². The van der Waals surface area contributed by atoms with Crippen LogP contribution in [0.4, 0.5) is 5.69 Å². The lowest BCUT2D eigenvalue weighted by molar-refractivity contribution is 0.565. The molecule has 1 aromatic heterocycles. The second-order valence-corrected chi connectivity index (χ2v) is 1.94. The van der Waals surface area contributed by atoms with E-state index in [9.17, 15) is 4.79 Å². The molecular weight excluding hydrogens is 152 g/mol. The average Bonchev–Trinajstić information content (AvgIpc) is 1.94. The van der Waals surface area contributed by atoms with Crippen LogP contribution in [0.3, 0.4) is 0 Å². The predicted octanol–water partition coefficient (Wildman–Crippen LogP) is 1.70. The molecule has 1 heterocycles. The van der Waals surface area contributed by atoms with Crippen LogP contribution >= 0.6 is 11.6 Å². The van der Waals surface area contributed by atoms with Gasteiger partial charge >= 0.3 is 0 Å². The summed E-state index contributed by atoms with van der Waals surface area (Å²) in [5, 5.41) is 0.401. The van der Waals surface area contributed by atoms with Crippen LogP contribution in [0, 0.1) is 0 Å². The Morgan fingerprint density at radius 3 is 3.10 bits per heavy atom. The maximum Gasteiger partial charge on any atom is 0.240 e. The van der Waals surface area contributed by atoms with Gasteiger partial charge in [-0.3, -0.25) is 4.98 Å². The predicted molar refractivity (Wildman–Crippen MR) is 37.0 cm³/mol. The van der Waals surface area contributed by atoms with Gasteiger partial charge in [0.2, 0.25) is 6.08 Å². The van der Waals surface area contributed by atoms with Gasteiger partial charge in [0.05, 0.1) is 11.2 Å². The maximum absolute atomic E-state index is 9.75. The zero-order chi connectivity index (χ0) is 7.40. The number of carbonyl (C=O) groups excluding carboxylic acids is 1. The van der Waals surface area contributed by atoms with E-state index in [-0.39, 0.29) is 0 Å². The van der Waals surface area contributed by atoms with Crippen molar-refractivity contribution in [3.05, 3.63) is 23.5 Å². The molecule has 0 atom stereocenters. The minimum atomic E-state index is 0.346. The molecule has 0 radical (unpaired) electrons. The smallest absolute Gasteiger partial charge is 0.240 e. The molecule has 3 nitrogen and oxygen atoms in total. The van der Waals surface area contributed by atoms with Crippen LogP contribution < -0.4 is 0 Å². The number of aromatic nitrogens is 1. The molecule has 1 rings (SSSR count). The second kappa shape index (κ2) is 3.11. The molecule has 0 unspecified atom stereocenters. The van der Waals surface area contributed by atoms with Crippen LogP contribution in [0.25, 0.3) is 0 Å². The van der Waals surface area contributed by atoms with Crippen LogP contribution in [-0.2, 0) is 4.79 Å². The molecule has 0 spiro atoms. The fourth-order valence-electron chi connectivity index (χ4n) is 0.501. The number of isocyanates is 1. The van der Waals surface area contributed by atoms with Gasteiger partial charge in [0.1, 0.15) is 5.69 Å². The third kappa shape index (κ3) is 1.41. The minimum Gasteiger partial charge on any atom is -0.262 e. The molecule has 1 aromatic rings. The fraction of sp³-hybridized carbons (Fsp3) is 0. The number of halogens is 1. The molecule has 50 valence electrons. The normalized spacial score (nSPS) is 8.50. The van der Waals surface area contributed by atoms with Crippen molar-refractivity contribution in [3.63, 3.8) is 0 Å². The first-order valence-corrected chi connectivity index (χ1v) is 2.90. The quantitative estimate of drug-likeness (QED) is 0.457. The van der Waals surface area contributed by atoms with Gasteiger partial charge in [-0.05, 0) is 6.07 Å². The standard InChI is InChI=1S/C6H3ClN2O/c7-5-1-2-8-3-6(5)9-4-10/h1-3H. The molecule has 0 aromatic carbocycles. The summed E-state index contributed by atoms with van der Waals surface area (Å²) in [5.41, 5.74) is 0.346. The van der Waals surface area contributed by atoms with E-state index in [1.807, 2.05) is 0 Å². The Morgan fingerprint density at radius 2 is 2.50 bits per heavy atom. The molecular formula is C6H3ClN2O. The number of hydrogen-bond acceptors (Lipinski definition) is 3. The highest BCUT2D eigenvalue weighted by Crippen LogP contribution is 2.21. The summed E-state index contributed by atoms with van der Waals surface area (Å²) in [6.45, 7) is 0. The summed E-state index contributed by atoms with van der Waals surface area (Å²) in [4.78, 5) is 16.8. The zero-order valence-corrected chi connectivity index (χ0v) is 5.67. The first-order valence-electron chi connectivity index (χ1n) is 2.52. The molecule has 0 aliphatic carbocycles. The molecule has 0 amide bonds. The van der Waals surface area contributed by atoms with E-state index in [0.717, 1.165) is 0 Å². The molecule has 0 saturated heterocycles. The van der Waals surface area contributed by atoms with Gasteiger partial charge in [0.25, 0.3) is 0 Å². The summed E-state index contributed by atoms with van der Waals surface area (Å²) >= 11 is 5.59. The van der Waals surface area contributed by atoms with Crippen molar-refractivity contribution < 1.29 is 4.79 Å². The average molecular weight is 155 g/mol. The molecule has 4 heteroatoms. The Hall–Kier alpha value is -1.18. The Balaban J connectivity index is 3.14. The van der Waals surface area contributed by atoms with Crippen molar-refractivity contribution in [1.82, 2.24) is 4.98 Å². The second-order valence-electron chi connectivity index (χ2n) is 1.53. The van der Waals surface area contributed by atoms with Gasteiger partial charge in [0, 0.05) is 6.20 Å². The summed E-state index contributed by atoms with van der Waals surface area (Å²) < 4.78 is 0. The van der Waals surface area contributed by atoms with Crippen LogP contribution in [0.5, 0.6) is 0 Å². The summed E-state index contributed by atoms with van der Waals surface area (Å²) in [5.74, 6) is 0. The summed E-state index contributed by atoms with van der Waals surface area (Å²) in [7, 11) is 0. The molecule has 0 saturated carbocycles. The number of hydrogen-bond donors (Lipinski definition) is 0. The molecule has 0 bridgehead atoms. The Kier molecular flexibility index (Phi) is 2.15. The van der Waals surface area contributed by atoms with Crippen molar-refractivity contribution in [1.29, 1.82) is 0 Å². The SMILES string of the molecule is O=C=Nc1cnccc1Cl. The van der Waals surface area contributed by atoms with E-state index >= 15 is 0 Å². The lowest BCUT2D eigenvalue weighted by Crippen LogP contribution is -1.70. The Bertz CT molecular complexity index is 281. The van der Waals surface area contributed by atoms with Crippen molar-refractivity contribution in [2.75, 3.05) is 0 Å². The van der Waals surface area contributed by atoms with Gasteiger partial charge < -0.3 is 0 Å². The van der Waals surface area contributed by atoms with Crippen molar-refractivity contribution >= 4 is 23.4 Å². The third-order valence-electron chi connectivity index (χ3n) is 0.915. The molecule has 0 N–H and O–H groups in total. The van der Waals surface area contributed by atoms with E-state index < -0.39 is 0 Å². The summed E-state index contributed by atoms with van der Waals surface area (Å²) in [6.07, 6.45) is 4.29. The number of nitrogens with zero attached hydrogens (tertiary/aromatic N) is 2. The van der Waals surface area contributed by atoms with E-state index in [0.29, 0.717) is 10.7 Å². The first-order chi connectivity index (χ1) is 4.84. The Labute approximate surface area is 62.4 Å². The van der Waals surface area contributed by atoms with Gasteiger partial charge in [-0.1, -0.05) is 11.6 Å². The van der Waals surface area contributed by atoms with Crippen LogP contribution in [0.15, 0.2) is 23.5 Å². The number of pyridine rings is 1. The minimum absolute atomic E-state index is 0.346. The number of rotatable bonds is 1. The van der Waals surface area contributed by atoms with Crippen molar-refractivity contribution in [2.45, 2.75) is 0 Å². The lowest BCUT2D eigenvalue weighted by Gasteiger charge is -1.89. The highest BCUT2D eigenvalue weighted by atomic mass is 35.5. The van der Waals surface area contributed by atoms with Crippen LogP contribution in [-0.4, -0.2) is 11.1 Å². The third-order valence-corrected chi connectivity index (χ3v) is 1.23. The van der Waals surface area contributed by atoms with E-state index in [2.05, 4.69) is 9.98 Å². The van der Waals surface area contributed by atoms with E-state index in [1.54, 1.807) is 6.07 Å². The molecule has 0 fully saturated rings. The van der Waals surface area contributed by atoms with E-state index in [4.69, 9.17) is 11.6 Å². The highest BCUT2D eigenvalue weighted by Gasteiger charge is 1.94. The number of aliphatic imine (C=N–C) groups is 1. The van der Waals surface area contributed by atoms with Crippen molar-refractivity contribution in [3.8, 4) is 0 Å². The molecule has 0 aliphatic heterocycles. The molecule has 0 aliphatic rings. The Morgan fingerprint density at radius 1 is 1.70 bits per heavy atom. The zero-order valence-electron chi connectivity index (χ0n) is 4.91. The van der Waals surface area contributed by atoms with Crippen LogP contribution in [0.2, 0.25) is 5.02 Å². The van der Waals surface area contributed by atoms with E-state index in [1.165, 1.54) is 18.5 Å². The molecule has 10 heavy (non-hydrogen) atoms. The first kappa shape index (κ1) is 6.93. The van der Waals surface area contributed by atoms with Gasteiger partial charge in [-0.25, -0.2) is 4.79 Å². The fourth-order valence-corrected chi connectivity index (χ4v) is 0.648. The monoisotopic (exact) mass is 154 g/mol. The van der Waals surface area contributed by atoms with Crippen molar-refractivity contribution in [2.24, 2.45) is 4.99 Å². The lowest BCUT2D eigenvalue weighted by atomic mass is 10.4. The van der Waals surface area contributed by atoms with Gasteiger partial charge in [-0.2, -0.15) is 4.99 Å². The van der Waals surface area contributed by atoms with Gasteiger partial charge in [-0.15, -0.1) is 0 Å². The van der Waals surface area contributed by atoms with Gasteiger partial charge in [0.15, 0.2) is 0 Å². The summed E-state index contributed by atoms with van der Waals surface area (Å²) in [6, 6.07) is 1.55.